The molecule has 1 aromatic carbocycles. The molecule has 4 nitrogen and oxygen atoms in total. The molecule has 2 rings (SSSR count). The minimum Gasteiger partial charge on any atom is -0.378 e. The second kappa shape index (κ2) is 6.37. The van der Waals surface area contributed by atoms with E-state index in [2.05, 4.69) is 51.4 Å². The van der Waals surface area contributed by atoms with Gasteiger partial charge in [0.15, 0.2) is 0 Å². The van der Waals surface area contributed by atoms with E-state index in [4.69, 9.17) is 0 Å². The van der Waals surface area contributed by atoms with Gasteiger partial charge in [-0.05, 0) is 31.0 Å². The molecule has 20 heavy (non-hydrogen) atoms. The third-order valence-corrected chi connectivity index (χ3v) is 3.16. The van der Waals surface area contributed by atoms with Gasteiger partial charge < -0.3 is 10.2 Å². The van der Waals surface area contributed by atoms with Crippen LogP contribution in [0.1, 0.15) is 18.9 Å². The molecule has 1 aromatic heterocycles. The van der Waals surface area contributed by atoms with Crippen molar-refractivity contribution in [3.63, 3.8) is 0 Å². The van der Waals surface area contributed by atoms with Crippen LogP contribution in [0.4, 0.5) is 11.6 Å². The molecule has 4 heteroatoms. The molecule has 0 radical (unpaired) electrons. The lowest BCUT2D eigenvalue weighted by molar-refractivity contribution is 0.951. The first-order chi connectivity index (χ1) is 9.61. The normalized spacial score (nSPS) is 10.4. The number of nitrogens with zero attached hydrogens (tertiary/aromatic N) is 3. The lowest BCUT2D eigenvalue weighted by Gasteiger charge is -2.13. The van der Waals surface area contributed by atoms with E-state index in [1.165, 1.54) is 5.69 Å². The Bertz CT molecular complexity index is 561. The molecule has 0 bridgehead atoms. The van der Waals surface area contributed by atoms with Crippen molar-refractivity contribution in [3.8, 4) is 11.3 Å². The zero-order chi connectivity index (χ0) is 14.5. The smallest absolute Gasteiger partial charge is 0.223 e. The van der Waals surface area contributed by atoms with Crippen molar-refractivity contribution in [2.24, 2.45) is 0 Å². The largest absolute Gasteiger partial charge is 0.378 e. The van der Waals surface area contributed by atoms with Gasteiger partial charge in [-0.1, -0.05) is 19.1 Å². The number of nitrogens with one attached hydrogen (secondary N) is 1. The molecule has 0 saturated heterocycles. The summed E-state index contributed by atoms with van der Waals surface area (Å²) in [7, 11) is 4.08. The van der Waals surface area contributed by atoms with Crippen LogP contribution >= 0.6 is 0 Å². The summed E-state index contributed by atoms with van der Waals surface area (Å²) in [5.41, 5.74) is 4.38. The number of hydrogen-bond donors (Lipinski definition) is 1. The predicted octanol–water partition coefficient (Wildman–Crippen LogP) is 3.34. The molecule has 0 aliphatic rings. The van der Waals surface area contributed by atoms with Crippen molar-refractivity contribution < 1.29 is 0 Å². The molecule has 0 aliphatic heterocycles. The van der Waals surface area contributed by atoms with Crippen LogP contribution in [0.2, 0.25) is 0 Å². The first kappa shape index (κ1) is 14.3. The third-order valence-electron chi connectivity index (χ3n) is 3.16. The monoisotopic (exact) mass is 270 g/mol. The van der Waals surface area contributed by atoms with Crippen molar-refractivity contribution >= 4 is 11.6 Å². The molecule has 0 aliphatic carbocycles. The van der Waals surface area contributed by atoms with E-state index in [-0.39, 0.29) is 0 Å². The Kier molecular flexibility index (Phi) is 4.56. The first-order valence-corrected chi connectivity index (χ1v) is 6.97. The Balaban J connectivity index is 2.30. The van der Waals surface area contributed by atoms with E-state index < -0.39 is 0 Å². The second-order valence-corrected chi connectivity index (χ2v) is 5.09. The number of aromatic nitrogens is 2. The van der Waals surface area contributed by atoms with Gasteiger partial charge in [0, 0.05) is 38.1 Å². The molecule has 0 fully saturated rings. The Labute approximate surface area is 120 Å². The first-order valence-electron chi connectivity index (χ1n) is 6.97. The number of hydrogen-bond acceptors (Lipinski definition) is 4. The summed E-state index contributed by atoms with van der Waals surface area (Å²) in [6.45, 7) is 5.06. The van der Waals surface area contributed by atoms with Crippen LogP contribution < -0.4 is 10.2 Å². The fourth-order valence-corrected chi connectivity index (χ4v) is 1.97. The Morgan fingerprint density at radius 2 is 1.85 bits per heavy atom. The summed E-state index contributed by atoms with van der Waals surface area (Å²) < 4.78 is 0. The molecule has 106 valence electrons. The molecular weight excluding hydrogens is 248 g/mol. The van der Waals surface area contributed by atoms with Gasteiger partial charge >= 0.3 is 0 Å². The quantitative estimate of drug-likeness (QED) is 0.904. The summed E-state index contributed by atoms with van der Waals surface area (Å²) in [5.74, 6) is 0.698. The lowest BCUT2D eigenvalue weighted by Crippen LogP contribution is -2.08. The highest BCUT2D eigenvalue weighted by atomic mass is 15.1. The fourth-order valence-electron chi connectivity index (χ4n) is 1.97. The third kappa shape index (κ3) is 3.26. The highest BCUT2D eigenvalue weighted by Crippen LogP contribution is 2.24. The molecule has 0 atom stereocenters. The van der Waals surface area contributed by atoms with E-state index >= 15 is 0 Å². The van der Waals surface area contributed by atoms with Crippen molar-refractivity contribution in [3.05, 3.63) is 36.0 Å². The summed E-state index contributed by atoms with van der Waals surface area (Å²) in [6, 6.07) is 8.43. The molecule has 0 saturated carbocycles. The van der Waals surface area contributed by atoms with E-state index in [0.717, 1.165) is 29.8 Å². The van der Waals surface area contributed by atoms with Crippen LogP contribution in [0, 0.1) is 6.92 Å². The van der Waals surface area contributed by atoms with E-state index in [9.17, 15) is 0 Å². The minimum absolute atomic E-state index is 0.698. The van der Waals surface area contributed by atoms with Crippen molar-refractivity contribution in [1.82, 2.24) is 9.97 Å². The zero-order valence-electron chi connectivity index (χ0n) is 12.6. The highest BCUT2D eigenvalue weighted by Gasteiger charge is 2.07. The standard InChI is InChI=1S/C16H22N4/c1-5-10-17-16-18-11-12(2)15(19-16)13-6-8-14(9-7-13)20(3)4/h6-9,11H,5,10H2,1-4H3,(H,17,18,19). The highest BCUT2D eigenvalue weighted by molar-refractivity contribution is 5.66. The zero-order valence-corrected chi connectivity index (χ0v) is 12.6. The van der Waals surface area contributed by atoms with Crippen molar-refractivity contribution in [2.75, 3.05) is 30.9 Å². The summed E-state index contributed by atoms with van der Waals surface area (Å²) in [6.07, 6.45) is 2.93. The van der Waals surface area contributed by atoms with Gasteiger partial charge in [-0.3, -0.25) is 0 Å². The maximum Gasteiger partial charge on any atom is 0.223 e. The number of aryl methyl sites for hydroxylation is 1. The minimum atomic E-state index is 0.698. The Hall–Kier alpha value is -2.10. The van der Waals surface area contributed by atoms with Crippen LogP contribution in [0.5, 0.6) is 0 Å². The van der Waals surface area contributed by atoms with Gasteiger partial charge in [-0.25, -0.2) is 9.97 Å². The summed E-state index contributed by atoms with van der Waals surface area (Å²) in [5, 5.41) is 3.23. The van der Waals surface area contributed by atoms with Crippen LogP contribution in [0.25, 0.3) is 11.3 Å². The molecule has 1 heterocycles. The average molecular weight is 270 g/mol. The molecule has 0 amide bonds. The molecule has 0 spiro atoms. The predicted molar refractivity (Wildman–Crippen MR) is 85.3 cm³/mol. The van der Waals surface area contributed by atoms with Crippen molar-refractivity contribution in [2.45, 2.75) is 20.3 Å². The molecule has 1 N–H and O–H groups in total. The van der Waals surface area contributed by atoms with Crippen LogP contribution in [-0.2, 0) is 0 Å². The number of anilines is 2. The van der Waals surface area contributed by atoms with Gasteiger partial charge in [0.25, 0.3) is 0 Å². The van der Waals surface area contributed by atoms with E-state index in [1.807, 2.05) is 27.2 Å². The summed E-state index contributed by atoms with van der Waals surface area (Å²) >= 11 is 0. The van der Waals surface area contributed by atoms with Crippen LogP contribution in [0.3, 0.4) is 0 Å². The van der Waals surface area contributed by atoms with Gasteiger partial charge in [-0.2, -0.15) is 0 Å². The Morgan fingerprint density at radius 3 is 2.45 bits per heavy atom. The van der Waals surface area contributed by atoms with Gasteiger partial charge in [0.2, 0.25) is 5.95 Å². The summed E-state index contributed by atoms with van der Waals surface area (Å²) in [4.78, 5) is 11.0. The van der Waals surface area contributed by atoms with Gasteiger partial charge in [-0.15, -0.1) is 0 Å². The lowest BCUT2D eigenvalue weighted by atomic mass is 10.1. The topological polar surface area (TPSA) is 41.1 Å². The average Bonchev–Trinajstić information content (AvgIpc) is 2.46. The number of benzene rings is 1. The van der Waals surface area contributed by atoms with Crippen LogP contribution in [0.15, 0.2) is 30.5 Å². The maximum atomic E-state index is 4.62. The Morgan fingerprint density at radius 1 is 1.15 bits per heavy atom. The van der Waals surface area contributed by atoms with E-state index in [1.54, 1.807) is 0 Å². The molecule has 0 unspecified atom stereocenters. The van der Waals surface area contributed by atoms with Crippen LogP contribution in [-0.4, -0.2) is 30.6 Å². The fraction of sp³-hybridized carbons (Fsp3) is 0.375. The SMILES string of the molecule is CCCNc1ncc(C)c(-c2ccc(N(C)C)cc2)n1. The second-order valence-electron chi connectivity index (χ2n) is 5.09. The van der Waals surface area contributed by atoms with Gasteiger partial charge in [0.05, 0.1) is 5.69 Å². The van der Waals surface area contributed by atoms with E-state index in [0.29, 0.717) is 5.95 Å². The van der Waals surface area contributed by atoms with Gasteiger partial charge in [0.1, 0.15) is 0 Å². The maximum absolute atomic E-state index is 4.62. The van der Waals surface area contributed by atoms with Crippen molar-refractivity contribution in [1.29, 1.82) is 0 Å². The molecular formula is C16H22N4. The molecule has 2 aromatic rings. The number of rotatable bonds is 5.